The van der Waals surface area contributed by atoms with Crippen molar-refractivity contribution in [2.24, 2.45) is 0 Å². The van der Waals surface area contributed by atoms with Crippen LogP contribution in [0.3, 0.4) is 0 Å². The first kappa shape index (κ1) is 35.6. The highest BCUT2D eigenvalue weighted by Gasteiger charge is 2.34. The molecule has 2 amide bonds. The van der Waals surface area contributed by atoms with E-state index in [1.165, 1.54) is 50.2 Å². The van der Waals surface area contributed by atoms with Crippen LogP contribution in [0.2, 0.25) is 0 Å². The van der Waals surface area contributed by atoms with Crippen LogP contribution in [-0.2, 0) is 49.6 Å². The number of ether oxygens (including phenoxy) is 5. The first-order chi connectivity index (χ1) is 20.0. The minimum absolute atomic E-state index is 0.0718. The summed E-state index contributed by atoms with van der Waals surface area (Å²) >= 11 is 6.90. The van der Waals surface area contributed by atoms with Crippen LogP contribution in [0.1, 0.15) is 48.5 Å². The van der Waals surface area contributed by atoms with Gasteiger partial charge in [0.15, 0.2) is 16.9 Å². The molecule has 15 nitrogen and oxygen atoms in total. The number of amides is 2. The van der Waals surface area contributed by atoms with E-state index in [4.69, 9.17) is 35.3 Å². The first-order valence-electron chi connectivity index (χ1n) is 12.9. The molecule has 3 atom stereocenters. The Kier molecular flexibility index (Phi) is 13.0. The second-order valence-corrected chi connectivity index (χ2v) is 11.1. The number of aromatic nitrogens is 3. The van der Waals surface area contributed by atoms with E-state index in [1.807, 2.05) is 0 Å². The molecule has 0 aromatic carbocycles. The number of nitrogens with zero attached hydrogens (tertiary/aromatic N) is 3. The van der Waals surface area contributed by atoms with Gasteiger partial charge < -0.3 is 33.6 Å². The SMILES string of the molecule is CSc1nc(NC(=O)CCl)c2c(NC(=O)OC(C)(C)C)cn(CO[C@H](COC(C)=O)[C@@H](OC(C)=O)[C@H](C)OC(C)=O)c2n1. The third-order valence-corrected chi connectivity index (χ3v) is 6.05. The van der Waals surface area contributed by atoms with Crippen molar-refractivity contribution in [2.45, 2.75) is 84.3 Å². The zero-order chi connectivity index (χ0) is 32.5. The van der Waals surface area contributed by atoms with Crippen molar-refractivity contribution in [1.29, 1.82) is 0 Å². The van der Waals surface area contributed by atoms with Gasteiger partial charge in [-0.15, -0.1) is 11.6 Å². The maximum atomic E-state index is 12.7. The van der Waals surface area contributed by atoms with Crippen LogP contribution < -0.4 is 10.6 Å². The molecule has 0 aliphatic carbocycles. The fraction of sp³-hybridized carbons (Fsp3) is 0.577. The molecule has 0 bridgehead atoms. The normalized spacial score (nSPS) is 13.4. The lowest BCUT2D eigenvalue weighted by molar-refractivity contribution is -0.186. The predicted molar refractivity (Wildman–Crippen MR) is 157 cm³/mol. The molecule has 0 spiro atoms. The fourth-order valence-electron chi connectivity index (χ4n) is 3.73. The van der Waals surface area contributed by atoms with Gasteiger partial charge in [0.05, 0.1) is 11.1 Å². The molecular formula is C26H36ClN5O10S. The molecule has 17 heteroatoms. The summed E-state index contributed by atoms with van der Waals surface area (Å²) in [5, 5.41) is 5.77. The van der Waals surface area contributed by atoms with Crippen LogP contribution in [-0.4, -0.2) is 87.1 Å². The second-order valence-electron chi connectivity index (χ2n) is 10.1. The number of thioether (sulfide) groups is 1. The molecule has 2 aromatic heterocycles. The molecule has 0 saturated carbocycles. The molecule has 0 unspecified atom stereocenters. The van der Waals surface area contributed by atoms with Crippen LogP contribution in [0, 0.1) is 0 Å². The van der Waals surface area contributed by atoms with E-state index in [9.17, 15) is 24.0 Å². The topological polar surface area (TPSA) is 186 Å². The van der Waals surface area contributed by atoms with Gasteiger partial charge in [0.25, 0.3) is 0 Å². The third kappa shape index (κ3) is 11.2. The maximum absolute atomic E-state index is 12.7. The minimum Gasteiger partial charge on any atom is -0.463 e. The fourth-order valence-corrected chi connectivity index (χ4v) is 4.16. The first-order valence-corrected chi connectivity index (χ1v) is 14.7. The maximum Gasteiger partial charge on any atom is 0.412 e. The van der Waals surface area contributed by atoms with Crippen LogP contribution in [0.5, 0.6) is 0 Å². The van der Waals surface area contributed by atoms with E-state index in [0.717, 1.165) is 0 Å². The van der Waals surface area contributed by atoms with Gasteiger partial charge >= 0.3 is 24.0 Å². The molecular weight excluding hydrogens is 610 g/mol. The Morgan fingerprint density at radius 3 is 2.21 bits per heavy atom. The summed E-state index contributed by atoms with van der Waals surface area (Å²) in [5.74, 6) is -2.77. The van der Waals surface area contributed by atoms with E-state index >= 15 is 0 Å². The summed E-state index contributed by atoms with van der Waals surface area (Å²) in [4.78, 5) is 69.0. The van der Waals surface area contributed by atoms with Gasteiger partial charge in [-0.3, -0.25) is 24.5 Å². The zero-order valence-corrected chi connectivity index (χ0v) is 26.7. The number of hydrogen-bond donors (Lipinski definition) is 2. The highest BCUT2D eigenvalue weighted by Crippen LogP contribution is 2.33. The molecule has 0 saturated heterocycles. The van der Waals surface area contributed by atoms with Gasteiger partial charge in [-0.25, -0.2) is 14.8 Å². The van der Waals surface area contributed by atoms with Crippen LogP contribution in [0.4, 0.5) is 16.3 Å². The van der Waals surface area contributed by atoms with E-state index in [1.54, 1.807) is 27.0 Å². The molecule has 2 heterocycles. The van der Waals surface area contributed by atoms with Gasteiger partial charge in [-0.2, -0.15) is 0 Å². The molecule has 2 N–H and O–H groups in total. The monoisotopic (exact) mass is 645 g/mol. The Balaban J connectivity index is 2.61. The Labute approximate surface area is 257 Å². The molecule has 43 heavy (non-hydrogen) atoms. The molecule has 0 fully saturated rings. The summed E-state index contributed by atoms with van der Waals surface area (Å²) in [5.41, 5.74) is -0.400. The average Bonchev–Trinajstić information content (AvgIpc) is 3.22. The number of carbonyl (C=O) groups excluding carboxylic acids is 5. The smallest absolute Gasteiger partial charge is 0.412 e. The van der Waals surface area contributed by atoms with Gasteiger partial charge in [-0.05, 0) is 34.0 Å². The Hall–Kier alpha value is -3.63. The minimum atomic E-state index is -1.17. The molecule has 238 valence electrons. The summed E-state index contributed by atoms with van der Waals surface area (Å²) in [6.45, 7) is 9.49. The van der Waals surface area contributed by atoms with Gasteiger partial charge in [0.2, 0.25) is 5.91 Å². The molecule has 0 radical (unpaired) electrons. The number of halogens is 1. The third-order valence-electron chi connectivity index (χ3n) is 5.25. The Morgan fingerprint density at radius 1 is 1.02 bits per heavy atom. The van der Waals surface area contributed by atoms with Crippen molar-refractivity contribution >= 4 is 75.8 Å². The van der Waals surface area contributed by atoms with Crippen LogP contribution in [0.15, 0.2) is 11.4 Å². The highest BCUT2D eigenvalue weighted by atomic mass is 35.5. The van der Waals surface area contributed by atoms with Crippen LogP contribution >= 0.6 is 23.4 Å². The summed E-state index contributed by atoms with van der Waals surface area (Å²) in [6.07, 6.45) is -0.837. The van der Waals surface area contributed by atoms with E-state index < -0.39 is 53.8 Å². The number of esters is 3. The lowest BCUT2D eigenvalue weighted by Crippen LogP contribution is -2.45. The van der Waals surface area contributed by atoms with Crippen molar-refractivity contribution in [3.05, 3.63) is 6.20 Å². The molecule has 2 aromatic rings. The lowest BCUT2D eigenvalue weighted by atomic mass is 10.1. The number of carbonyl (C=O) groups is 5. The van der Waals surface area contributed by atoms with Crippen molar-refractivity contribution < 1.29 is 47.7 Å². The Morgan fingerprint density at radius 2 is 1.67 bits per heavy atom. The van der Waals surface area contributed by atoms with Gasteiger partial charge in [0.1, 0.15) is 42.8 Å². The lowest BCUT2D eigenvalue weighted by Gasteiger charge is -2.30. The highest BCUT2D eigenvalue weighted by molar-refractivity contribution is 7.98. The number of rotatable bonds is 13. The van der Waals surface area contributed by atoms with E-state index in [-0.39, 0.29) is 46.9 Å². The summed E-state index contributed by atoms with van der Waals surface area (Å²) in [6, 6.07) is 0. The van der Waals surface area contributed by atoms with Crippen molar-refractivity contribution in [3.8, 4) is 0 Å². The van der Waals surface area contributed by atoms with E-state index in [2.05, 4.69) is 20.6 Å². The quantitative estimate of drug-likeness (QED) is 0.106. The van der Waals surface area contributed by atoms with Crippen molar-refractivity contribution in [1.82, 2.24) is 14.5 Å². The van der Waals surface area contributed by atoms with Crippen LogP contribution in [0.25, 0.3) is 11.0 Å². The number of anilines is 2. The number of alkyl halides is 1. The van der Waals surface area contributed by atoms with Gasteiger partial charge in [-0.1, -0.05) is 11.8 Å². The van der Waals surface area contributed by atoms with Gasteiger partial charge in [0, 0.05) is 27.0 Å². The zero-order valence-electron chi connectivity index (χ0n) is 25.1. The second kappa shape index (κ2) is 15.7. The van der Waals surface area contributed by atoms with Crippen molar-refractivity contribution in [3.63, 3.8) is 0 Å². The average molecular weight is 646 g/mol. The van der Waals surface area contributed by atoms with E-state index in [0.29, 0.717) is 0 Å². The predicted octanol–water partition coefficient (Wildman–Crippen LogP) is 3.47. The number of hydrogen-bond acceptors (Lipinski definition) is 13. The number of fused-ring (bicyclic) bond motifs is 1. The Bertz CT molecular complexity index is 1350. The molecule has 0 aliphatic heterocycles. The van der Waals surface area contributed by atoms with Crippen molar-refractivity contribution in [2.75, 3.05) is 29.4 Å². The summed E-state index contributed by atoms with van der Waals surface area (Å²) in [7, 11) is 0. The summed E-state index contributed by atoms with van der Waals surface area (Å²) < 4.78 is 28.7. The molecule has 2 rings (SSSR count). The standard InChI is InChI=1S/C26H36ClN5O10S/c1-13(40-15(3)34)21(41-16(4)35)18(11-38-14(2)33)39-12-32-10-17(28-25(37)42-26(5,6)7)20-22(29-19(36)9-27)30-24(43-8)31-23(20)32/h10,13,18,21H,9,11-12H2,1-8H3,(H,28,37)(H,29,30,31,36)/t13-,18+,21-/m0/s1. The largest absolute Gasteiger partial charge is 0.463 e. The molecule has 0 aliphatic rings. The number of nitrogens with one attached hydrogen (secondary N) is 2.